The number of alkyl halides is 2. The van der Waals surface area contributed by atoms with Crippen LogP contribution < -0.4 is 16.0 Å². The van der Waals surface area contributed by atoms with Gasteiger partial charge >= 0.3 is 0 Å². The van der Waals surface area contributed by atoms with Crippen LogP contribution in [0.4, 0.5) is 14.5 Å². The monoisotopic (exact) mass is 335 g/mol. The van der Waals surface area contributed by atoms with E-state index in [9.17, 15) is 18.4 Å². The van der Waals surface area contributed by atoms with Crippen LogP contribution in [-0.2, 0) is 15.0 Å². The fraction of sp³-hybridized carbons (Fsp3) is 0.529. The molecule has 2 amide bonds. The van der Waals surface area contributed by atoms with Crippen molar-refractivity contribution in [1.29, 1.82) is 0 Å². The Morgan fingerprint density at radius 1 is 1.17 bits per heavy atom. The van der Waals surface area contributed by atoms with E-state index in [-0.39, 0.29) is 11.8 Å². The molecule has 1 aliphatic carbocycles. The summed E-state index contributed by atoms with van der Waals surface area (Å²) >= 11 is 0. The van der Waals surface area contributed by atoms with Crippen molar-refractivity contribution in [3.05, 3.63) is 29.8 Å². The zero-order valence-corrected chi connectivity index (χ0v) is 13.1. The molecule has 0 unspecified atom stereocenters. The highest BCUT2D eigenvalue weighted by molar-refractivity contribution is 6.01. The number of hydrogen-bond donors (Lipinski definition) is 3. The van der Waals surface area contributed by atoms with E-state index in [4.69, 9.17) is 0 Å². The Morgan fingerprint density at radius 2 is 1.92 bits per heavy atom. The molecule has 2 heterocycles. The van der Waals surface area contributed by atoms with Crippen molar-refractivity contribution in [1.82, 2.24) is 10.6 Å². The van der Waals surface area contributed by atoms with Gasteiger partial charge in [0.1, 0.15) is 6.04 Å². The van der Waals surface area contributed by atoms with E-state index in [0.29, 0.717) is 43.6 Å². The smallest absolute Gasteiger partial charge is 0.263 e. The lowest BCUT2D eigenvalue weighted by molar-refractivity contribution is -0.133. The summed E-state index contributed by atoms with van der Waals surface area (Å²) in [4.78, 5) is 22.9. The van der Waals surface area contributed by atoms with Crippen molar-refractivity contribution < 1.29 is 18.4 Å². The molecule has 1 saturated carbocycles. The molecule has 128 valence electrons. The fourth-order valence-electron chi connectivity index (χ4n) is 4.14. The molecule has 5 nitrogen and oxygen atoms in total. The number of amides is 2. The number of carbonyl (C=O) groups is 2. The Hall–Kier alpha value is -2.02. The van der Waals surface area contributed by atoms with Crippen LogP contribution in [0.5, 0.6) is 0 Å². The number of carbonyl (C=O) groups excluding carboxylic acids is 2. The maximum absolute atomic E-state index is 14.3. The van der Waals surface area contributed by atoms with Crippen LogP contribution in [0.15, 0.2) is 24.3 Å². The van der Waals surface area contributed by atoms with Crippen LogP contribution in [0.1, 0.15) is 24.8 Å². The van der Waals surface area contributed by atoms with Crippen molar-refractivity contribution in [3.63, 3.8) is 0 Å². The number of halogens is 2. The first kappa shape index (κ1) is 15.5. The van der Waals surface area contributed by atoms with Crippen LogP contribution in [-0.4, -0.2) is 36.9 Å². The Kier molecular flexibility index (Phi) is 3.38. The van der Waals surface area contributed by atoms with Crippen molar-refractivity contribution in [2.45, 2.75) is 36.6 Å². The summed E-state index contributed by atoms with van der Waals surface area (Å²) in [6.45, 7) is 0.950. The molecule has 1 aromatic rings. The second-order valence-electron chi connectivity index (χ2n) is 6.83. The molecule has 0 bridgehead atoms. The third kappa shape index (κ3) is 2.14. The van der Waals surface area contributed by atoms with Crippen molar-refractivity contribution in [3.8, 4) is 0 Å². The van der Waals surface area contributed by atoms with Crippen LogP contribution in [0.2, 0.25) is 0 Å². The standard InChI is InChI=1S/C17H19F2N3O2/c18-17(19)13-9-20-8-7-16(13,17)10-1-3-11(4-2-10)21-12-5-6-14(23)22-15(12)24/h1-4,12-13,20-21H,5-9H2,(H,22,23,24)/t12-,13+,16+/m0/s1. The van der Waals surface area contributed by atoms with Crippen molar-refractivity contribution in [2.24, 2.45) is 5.92 Å². The van der Waals surface area contributed by atoms with Crippen molar-refractivity contribution >= 4 is 17.5 Å². The lowest BCUT2D eigenvalue weighted by Crippen LogP contribution is -2.47. The van der Waals surface area contributed by atoms with Crippen LogP contribution >= 0.6 is 0 Å². The highest BCUT2D eigenvalue weighted by Gasteiger charge is 2.80. The normalized spacial score (nSPS) is 34.2. The Morgan fingerprint density at radius 3 is 2.58 bits per heavy atom. The molecule has 3 aliphatic rings. The third-order valence-corrected chi connectivity index (χ3v) is 5.57. The SMILES string of the molecule is O=C1CC[C@H](Nc2ccc([C@]34CCNC[C@H]3C4(F)F)cc2)C(=O)N1. The maximum atomic E-state index is 14.3. The highest BCUT2D eigenvalue weighted by atomic mass is 19.3. The van der Waals surface area contributed by atoms with Gasteiger partial charge in [0.2, 0.25) is 11.8 Å². The van der Waals surface area contributed by atoms with Gasteiger partial charge in [-0.1, -0.05) is 12.1 Å². The summed E-state index contributed by atoms with van der Waals surface area (Å²) in [7, 11) is 0. The summed E-state index contributed by atoms with van der Waals surface area (Å²) < 4.78 is 28.5. The lowest BCUT2D eigenvalue weighted by atomic mass is 9.87. The second kappa shape index (κ2) is 5.24. The lowest BCUT2D eigenvalue weighted by Gasteiger charge is -2.24. The van der Waals surface area contributed by atoms with Gasteiger partial charge in [0, 0.05) is 18.7 Å². The van der Waals surface area contributed by atoms with Gasteiger partial charge < -0.3 is 10.6 Å². The van der Waals surface area contributed by atoms with Gasteiger partial charge in [0.05, 0.1) is 11.3 Å². The van der Waals surface area contributed by atoms with E-state index >= 15 is 0 Å². The van der Waals surface area contributed by atoms with Gasteiger partial charge in [0.15, 0.2) is 0 Å². The first-order valence-electron chi connectivity index (χ1n) is 8.24. The van der Waals surface area contributed by atoms with Crippen LogP contribution in [0, 0.1) is 5.92 Å². The minimum atomic E-state index is -2.66. The zero-order chi connectivity index (χ0) is 16.9. The predicted molar refractivity (Wildman–Crippen MR) is 83.8 cm³/mol. The first-order valence-corrected chi connectivity index (χ1v) is 8.24. The van der Waals surface area contributed by atoms with Gasteiger partial charge in [0.25, 0.3) is 5.92 Å². The van der Waals surface area contributed by atoms with Crippen molar-refractivity contribution in [2.75, 3.05) is 18.4 Å². The fourth-order valence-corrected chi connectivity index (χ4v) is 4.14. The second-order valence-corrected chi connectivity index (χ2v) is 6.83. The molecule has 0 aromatic heterocycles. The maximum Gasteiger partial charge on any atom is 0.263 e. The van der Waals surface area contributed by atoms with E-state index in [1.807, 2.05) is 0 Å². The van der Waals surface area contributed by atoms with E-state index in [2.05, 4.69) is 16.0 Å². The molecule has 2 saturated heterocycles. The average Bonchev–Trinajstić information content (AvgIpc) is 3.09. The number of fused-ring (bicyclic) bond motifs is 1. The minimum absolute atomic E-state index is 0.264. The Bertz CT molecular complexity index is 692. The number of imide groups is 1. The van der Waals surface area contributed by atoms with Gasteiger partial charge in [-0.2, -0.15) is 0 Å². The Labute approximate surface area is 138 Å². The number of hydrogen-bond acceptors (Lipinski definition) is 4. The zero-order valence-electron chi connectivity index (χ0n) is 13.1. The molecular weight excluding hydrogens is 316 g/mol. The molecule has 0 radical (unpaired) electrons. The molecule has 3 atom stereocenters. The number of nitrogens with one attached hydrogen (secondary N) is 3. The topological polar surface area (TPSA) is 70.2 Å². The average molecular weight is 335 g/mol. The summed E-state index contributed by atoms with van der Waals surface area (Å²) in [6.07, 6.45) is 1.16. The predicted octanol–water partition coefficient (Wildman–Crippen LogP) is 1.40. The quantitative estimate of drug-likeness (QED) is 0.731. The molecule has 24 heavy (non-hydrogen) atoms. The van der Waals surface area contributed by atoms with E-state index < -0.39 is 23.3 Å². The van der Waals surface area contributed by atoms with Crippen LogP contribution in [0.3, 0.4) is 0 Å². The summed E-state index contributed by atoms with van der Waals surface area (Å²) in [5.41, 5.74) is 0.317. The number of benzene rings is 1. The first-order chi connectivity index (χ1) is 11.4. The molecule has 1 aromatic carbocycles. The molecule has 4 rings (SSSR count). The molecule has 7 heteroatoms. The summed E-state index contributed by atoms with van der Waals surface area (Å²) in [5.74, 6) is -3.90. The Balaban J connectivity index is 1.50. The molecule has 3 N–H and O–H groups in total. The van der Waals surface area contributed by atoms with Gasteiger partial charge in [-0.25, -0.2) is 8.78 Å². The van der Waals surface area contributed by atoms with E-state index in [1.54, 1.807) is 24.3 Å². The number of piperidine rings is 2. The number of anilines is 1. The van der Waals surface area contributed by atoms with Crippen LogP contribution in [0.25, 0.3) is 0 Å². The largest absolute Gasteiger partial charge is 0.374 e. The summed E-state index contributed by atoms with van der Waals surface area (Å²) in [5, 5.41) is 8.39. The number of rotatable bonds is 3. The van der Waals surface area contributed by atoms with E-state index in [0.717, 1.165) is 0 Å². The van der Waals surface area contributed by atoms with Gasteiger partial charge in [-0.15, -0.1) is 0 Å². The minimum Gasteiger partial charge on any atom is -0.374 e. The third-order valence-electron chi connectivity index (χ3n) is 5.57. The molecular formula is C17H19F2N3O2. The van der Waals surface area contributed by atoms with Gasteiger partial charge in [-0.3, -0.25) is 14.9 Å². The highest BCUT2D eigenvalue weighted by Crippen LogP contribution is 2.69. The molecule has 0 spiro atoms. The molecule has 2 aliphatic heterocycles. The summed E-state index contributed by atoms with van der Waals surface area (Å²) in [6, 6.07) is 6.46. The molecule has 3 fully saturated rings. The van der Waals surface area contributed by atoms with Gasteiger partial charge in [-0.05, 0) is 37.1 Å². The van der Waals surface area contributed by atoms with E-state index in [1.165, 1.54) is 0 Å².